The van der Waals surface area contributed by atoms with Crippen molar-refractivity contribution >= 4 is 32.4 Å². The lowest BCUT2D eigenvalue weighted by molar-refractivity contribution is 0.562. The van der Waals surface area contributed by atoms with E-state index in [4.69, 9.17) is 4.42 Å². The Morgan fingerprint density at radius 3 is 2.50 bits per heavy atom. The maximum atomic E-state index is 13.5. The predicted molar refractivity (Wildman–Crippen MR) is 106 cm³/mol. The molecule has 1 aliphatic carbocycles. The first-order valence-corrected chi connectivity index (χ1v) is 10.5. The summed E-state index contributed by atoms with van der Waals surface area (Å²) in [6.45, 7) is 0. The van der Waals surface area contributed by atoms with Gasteiger partial charge in [-0.3, -0.25) is 4.72 Å². The molecule has 0 aliphatic heterocycles. The van der Waals surface area contributed by atoms with Crippen LogP contribution in [-0.4, -0.2) is 14.5 Å². The fourth-order valence-corrected chi connectivity index (χ4v) is 4.59. The van der Waals surface area contributed by atoms with Gasteiger partial charge < -0.3 is 9.73 Å². The molecular formula is C20H19FN2O4S. The molecule has 0 unspecified atom stereocenters. The van der Waals surface area contributed by atoms with Crippen molar-refractivity contribution in [1.82, 2.24) is 0 Å². The van der Waals surface area contributed by atoms with Gasteiger partial charge in [-0.05, 0) is 43.2 Å². The Bertz CT molecular complexity index is 1180. The van der Waals surface area contributed by atoms with E-state index in [1.54, 1.807) is 24.3 Å². The molecule has 28 heavy (non-hydrogen) atoms. The van der Waals surface area contributed by atoms with E-state index in [2.05, 4.69) is 10.0 Å². The number of halogens is 1. The molecule has 0 atom stereocenters. The first-order valence-electron chi connectivity index (χ1n) is 9.05. The van der Waals surface area contributed by atoms with E-state index in [1.807, 2.05) is 0 Å². The molecule has 0 radical (unpaired) electrons. The molecule has 1 heterocycles. The number of hydrogen-bond donors (Lipinski definition) is 2. The largest absolute Gasteiger partial charge is 0.421 e. The van der Waals surface area contributed by atoms with E-state index in [9.17, 15) is 17.6 Å². The Labute approximate surface area is 161 Å². The highest BCUT2D eigenvalue weighted by atomic mass is 32.2. The first-order chi connectivity index (χ1) is 13.4. The number of hydrogen-bond acceptors (Lipinski definition) is 5. The molecule has 0 saturated heterocycles. The summed E-state index contributed by atoms with van der Waals surface area (Å²) < 4.78 is 46.6. The van der Waals surface area contributed by atoms with Gasteiger partial charge >= 0.3 is 5.63 Å². The van der Waals surface area contributed by atoms with Crippen molar-refractivity contribution in [1.29, 1.82) is 0 Å². The molecule has 0 bridgehead atoms. The smallest absolute Gasteiger partial charge is 0.363 e. The topological polar surface area (TPSA) is 88.4 Å². The van der Waals surface area contributed by atoms with Crippen LogP contribution >= 0.6 is 0 Å². The molecule has 0 spiro atoms. The number of nitrogens with one attached hydrogen (secondary N) is 2. The molecule has 146 valence electrons. The second-order valence-electron chi connectivity index (χ2n) is 6.82. The third-order valence-electron chi connectivity index (χ3n) is 4.86. The van der Waals surface area contributed by atoms with Crippen molar-refractivity contribution in [3.05, 3.63) is 64.8 Å². The summed E-state index contributed by atoms with van der Waals surface area (Å²) in [6.07, 6.45) is 4.01. The Hall–Kier alpha value is -2.87. The summed E-state index contributed by atoms with van der Waals surface area (Å²) in [5.41, 5.74) is -0.255. The summed E-state index contributed by atoms with van der Waals surface area (Å²) in [5.74, 6) is -0.683. The Morgan fingerprint density at radius 2 is 1.75 bits per heavy atom. The maximum absolute atomic E-state index is 13.5. The Balaban J connectivity index is 1.83. The van der Waals surface area contributed by atoms with E-state index in [0.717, 1.165) is 37.8 Å². The average Bonchev–Trinajstić information content (AvgIpc) is 3.18. The van der Waals surface area contributed by atoms with Gasteiger partial charge in [-0.15, -0.1) is 0 Å². The van der Waals surface area contributed by atoms with Gasteiger partial charge in [-0.1, -0.05) is 31.0 Å². The number of fused-ring (bicyclic) bond motifs is 1. The zero-order chi connectivity index (χ0) is 19.7. The first kappa shape index (κ1) is 18.5. The SMILES string of the molecule is O=c1oc2ccccc2c(NC2CCCC2)c1NS(=O)(=O)c1cccc(F)c1. The highest BCUT2D eigenvalue weighted by Crippen LogP contribution is 2.33. The van der Waals surface area contributed by atoms with Crippen LogP contribution in [0.15, 0.2) is 62.6 Å². The number of anilines is 2. The lowest BCUT2D eigenvalue weighted by Crippen LogP contribution is -2.23. The summed E-state index contributed by atoms with van der Waals surface area (Å²) in [5, 5.41) is 3.92. The van der Waals surface area contributed by atoms with Crippen LogP contribution in [0, 0.1) is 5.82 Å². The summed E-state index contributed by atoms with van der Waals surface area (Å²) in [6, 6.07) is 11.7. The summed E-state index contributed by atoms with van der Waals surface area (Å²) in [4.78, 5) is 12.3. The molecular weight excluding hydrogens is 383 g/mol. The highest BCUT2D eigenvalue weighted by molar-refractivity contribution is 7.92. The predicted octanol–water partition coefficient (Wildman–Crippen LogP) is 4.09. The van der Waals surface area contributed by atoms with Crippen LogP contribution in [0.1, 0.15) is 25.7 Å². The zero-order valence-corrected chi connectivity index (χ0v) is 15.8. The minimum absolute atomic E-state index is 0.141. The summed E-state index contributed by atoms with van der Waals surface area (Å²) in [7, 11) is -4.17. The third kappa shape index (κ3) is 3.60. The molecule has 6 nitrogen and oxygen atoms in total. The molecule has 3 aromatic rings. The highest BCUT2D eigenvalue weighted by Gasteiger charge is 2.24. The van der Waals surface area contributed by atoms with Crippen LogP contribution < -0.4 is 15.7 Å². The quantitative estimate of drug-likeness (QED) is 0.628. The molecule has 1 aromatic heterocycles. The van der Waals surface area contributed by atoms with Crippen molar-refractivity contribution in [2.24, 2.45) is 0 Å². The lowest BCUT2D eigenvalue weighted by Gasteiger charge is -2.19. The molecule has 1 aliphatic rings. The number of rotatable bonds is 5. The number of benzene rings is 2. The molecule has 2 aromatic carbocycles. The molecule has 8 heteroatoms. The normalized spacial score (nSPS) is 15.0. The molecule has 0 amide bonds. The van der Waals surface area contributed by atoms with Crippen LogP contribution in [0.5, 0.6) is 0 Å². The van der Waals surface area contributed by atoms with Crippen LogP contribution in [0.4, 0.5) is 15.8 Å². The number of para-hydroxylation sites is 1. The second kappa shape index (κ2) is 7.27. The average molecular weight is 402 g/mol. The minimum atomic E-state index is -4.17. The third-order valence-corrected chi connectivity index (χ3v) is 6.21. The van der Waals surface area contributed by atoms with E-state index < -0.39 is 21.5 Å². The van der Waals surface area contributed by atoms with Crippen molar-refractivity contribution in [2.75, 3.05) is 10.0 Å². The fraction of sp³-hybridized carbons (Fsp3) is 0.250. The molecule has 1 saturated carbocycles. The van der Waals surface area contributed by atoms with Gasteiger partial charge in [0.1, 0.15) is 11.4 Å². The number of sulfonamides is 1. The van der Waals surface area contributed by atoms with Crippen LogP contribution in [0.2, 0.25) is 0 Å². The van der Waals surface area contributed by atoms with E-state index >= 15 is 0 Å². The fourth-order valence-electron chi connectivity index (χ4n) is 3.49. The van der Waals surface area contributed by atoms with Crippen molar-refractivity contribution in [3.63, 3.8) is 0 Å². The summed E-state index contributed by atoms with van der Waals surface area (Å²) >= 11 is 0. The van der Waals surface area contributed by atoms with E-state index in [0.29, 0.717) is 16.7 Å². The zero-order valence-electron chi connectivity index (χ0n) is 14.9. The van der Waals surface area contributed by atoms with Gasteiger partial charge in [0.25, 0.3) is 10.0 Å². The lowest BCUT2D eigenvalue weighted by atomic mass is 10.1. The maximum Gasteiger partial charge on any atom is 0.363 e. The van der Waals surface area contributed by atoms with Gasteiger partial charge in [0.15, 0.2) is 5.69 Å². The molecule has 2 N–H and O–H groups in total. The minimum Gasteiger partial charge on any atom is -0.421 e. The van der Waals surface area contributed by atoms with E-state index in [-0.39, 0.29) is 16.6 Å². The second-order valence-corrected chi connectivity index (χ2v) is 8.51. The van der Waals surface area contributed by atoms with Crippen molar-refractivity contribution in [3.8, 4) is 0 Å². The van der Waals surface area contributed by atoms with Gasteiger partial charge in [-0.25, -0.2) is 17.6 Å². The van der Waals surface area contributed by atoms with Gasteiger partial charge in [-0.2, -0.15) is 0 Å². The Kier molecular flexibility index (Phi) is 4.80. The van der Waals surface area contributed by atoms with E-state index in [1.165, 1.54) is 12.1 Å². The Morgan fingerprint density at radius 1 is 1.00 bits per heavy atom. The van der Waals surface area contributed by atoms with Gasteiger partial charge in [0.05, 0.1) is 10.6 Å². The van der Waals surface area contributed by atoms with Crippen LogP contribution in [0.25, 0.3) is 11.0 Å². The van der Waals surface area contributed by atoms with Crippen molar-refractivity contribution < 1.29 is 17.2 Å². The van der Waals surface area contributed by atoms with Gasteiger partial charge in [0, 0.05) is 11.4 Å². The monoisotopic (exact) mass is 402 g/mol. The van der Waals surface area contributed by atoms with Crippen LogP contribution in [0.3, 0.4) is 0 Å². The van der Waals surface area contributed by atoms with Crippen molar-refractivity contribution in [2.45, 2.75) is 36.6 Å². The molecule has 1 fully saturated rings. The molecule has 4 rings (SSSR count). The van der Waals surface area contributed by atoms with Gasteiger partial charge in [0.2, 0.25) is 0 Å². The standard InChI is InChI=1S/C20H19FN2O4S/c21-13-6-5-9-15(12-13)28(25,26)23-19-18(22-14-7-1-2-8-14)16-10-3-4-11-17(16)27-20(19)24/h3-6,9-12,14,22-23H,1-2,7-8H2. The van der Waals surface area contributed by atoms with Crippen LogP contribution in [-0.2, 0) is 10.0 Å².